The van der Waals surface area contributed by atoms with Crippen molar-refractivity contribution in [3.8, 4) is 5.75 Å². The van der Waals surface area contributed by atoms with Gasteiger partial charge in [0.25, 0.3) is 0 Å². The summed E-state index contributed by atoms with van der Waals surface area (Å²) in [5.41, 5.74) is 1.82. The van der Waals surface area contributed by atoms with Crippen molar-refractivity contribution in [2.24, 2.45) is 0 Å². The van der Waals surface area contributed by atoms with Crippen LogP contribution in [0.2, 0.25) is 0 Å². The van der Waals surface area contributed by atoms with Crippen LogP contribution in [0.25, 0.3) is 0 Å². The highest BCUT2D eigenvalue weighted by Gasteiger charge is 2.18. The first-order valence-corrected chi connectivity index (χ1v) is 6.89. The first kappa shape index (κ1) is 16.3. The second-order valence-corrected chi connectivity index (χ2v) is 5.63. The largest absolute Gasteiger partial charge is 0.489 e. The van der Waals surface area contributed by atoms with Crippen LogP contribution in [0.4, 0.5) is 0 Å². The number of hydrogen-bond acceptors (Lipinski definition) is 3. The predicted molar refractivity (Wildman–Crippen MR) is 81.0 cm³/mol. The number of methoxy groups -OCH3 is 1. The first-order chi connectivity index (χ1) is 9.40. The average molecular weight is 276 g/mol. The highest BCUT2D eigenvalue weighted by atomic mass is 16.5. The lowest BCUT2D eigenvalue weighted by molar-refractivity contribution is -0.136. The van der Waals surface area contributed by atoms with Crippen LogP contribution < -0.4 is 4.74 Å². The molecular weight excluding hydrogens is 252 g/mol. The zero-order chi connectivity index (χ0) is 15.2. The Bertz CT molecular complexity index is 481. The van der Waals surface area contributed by atoms with Gasteiger partial charge in [-0.3, -0.25) is 0 Å². The Labute approximate surface area is 121 Å². The zero-order valence-electron chi connectivity index (χ0n) is 13.0. The lowest BCUT2D eigenvalue weighted by Crippen LogP contribution is -2.13. The van der Waals surface area contributed by atoms with Gasteiger partial charge in [-0.2, -0.15) is 0 Å². The molecule has 0 fully saturated rings. The van der Waals surface area contributed by atoms with Crippen LogP contribution in [-0.2, 0) is 14.9 Å². The smallest absolute Gasteiger partial charge is 0.333 e. The van der Waals surface area contributed by atoms with Gasteiger partial charge in [0, 0.05) is 5.57 Å². The van der Waals surface area contributed by atoms with E-state index in [9.17, 15) is 4.79 Å². The van der Waals surface area contributed by atoms with E-state index in [-0.39, 0.29) is 11.4 Å². The molecule has 0 radical (unpaired) electrons. The predicted octanol–water partition coefficient (Wildman–Crippen LogP) is 3.87. The summed E-state index contributed by atoms with van der Waals surface area (Å²) in [7, 11) is 1.39. The number of para-hydroxylation sites is 1. The quantitative estimate of drug-likeness (QED) is 0.605. The van der Waals surface area contributed by atoms with Gasteiger partial charge in [0.2, 0.25) is 0 Å². The summed E-state index contributed by atoms with van der Waals surface area (Å²) in [6.45, 7) is 8.74. The molecule has 1 aromatic carbocycles. The van der Waals surface area contributed by atoms with Crippen molar-refractivity contribution in [2.45, 2.75) is 39.5 Å². The molecule has 0 aliphatic rings. The molecule has 3 heteroatoms. The molecule has 0 bridgehead atoms. The molecule has 1 aromatic rings. The Morgan fingerprint density at radius 1 is 1.25 bits per heavy atom. The van der Waals surface area contributed by atoms with Crippen LogP contribution in [0.5, 0.6) is 5.75 Å². The van der Waals surface area contributed by atoms with Gasteiger partial charge in [-0.25, -0.2) is 4.79 Å². The number of esters is 1. The Morgan fingerprint density at radius 3 is 2.45 bits per heavy atom. The Balaban J connectivity index is 2.81. The molecule has 1 rings (SSSR count). The monoisotopic (exact) mass is 276 g/mol. The van der Waals surface area contributed by atoms with E-state index in [0.29, 0.717) is 18.6 Å². The highest BCUT2D eigenvalue weighted by molar-refractivity contribution is 5.88. The Hall–Kier alpha value is -1.77. The molecule has 0 heterocycles. The molecule has 0 spiro atoms. The minimum absolute atomic E-state index is 0.0241. The molecule has 0 amide bonds. The highest BCUT2D eigenvalue weighted by Crippen LogP contribution is 2.30. The molecule has 0 atom stereocenters. The van der Waals surface area contributed by atoms with Crippen molar-refractivity contribution in [1.82, 2.24) is 0 Å². The fourth-order valence-corrected chi connectivity index (χ4v) is 1.95. The van der Waals surface area contributed by atoms with Gasteiger partial charge in [-0.15, -0.1) is 0 Å². The fraction of sp³-hybridized carbons (Fsp3) is 0.471. The maximum atomic E-state index is 11.5. The van der Waals surface area contributed by atoms with Crippen LogP contribution >= 0.6 is 0 Å². The van der Waals surface area contributed by atoms with Gasteiger partial charge >= 0.3 is 5.97 Å². The Kier molecular flexibility index (Phi) is 5.81. The minimum atomic E-state index is -0.291. The van der Waals surface area contributed by atoms with E-state index in [4.69, 9.17) is 9.47 Å². The van der Waals surface area contributed by atoms with Crippen molar-refractivity contribution in [1.29, 1.82) is 0 Å². The van der Waals surface area contributed by atoms with E-state index < -0.39 is 0 Å². The van der Waals surface area contributed by atoms with Crippen molar-refractivity contribution >= 4 is 5.97 Å². The third kappa shape index (κ3) is 4.41. The van der Waals surface area contributed by atoms with Crippen LogP contribution in [0.3, 0.4) is 0 Å². The average Bonchev–Trinajstić information content (AvgIpc) is 2.42. The van der Waals surface area contributed by atoms with Crippen LogP contribution in [0, 0.1) is 0 Å². The Morgan fingerprint density at radius 2 is 1.90 bits per heavy atom. The summed E-state index contributed by atoms with van der Waals surface area (Å²) in [5, 5.41) is 0. The maximum Gasteiger partial charge on any atom is 0.333 e. The van der Waals surface area contributed by atoms with E-state index in [1.807, 2.05) is 25.1 Å². The van der Waals surface area contributed by atoms with E-state index in [0.717, 1.165) is 11.3 Å². The topological polar surface area (TPSA) is 35.5 Å². The van der Waals surface area contributed by atoms with E-state index in [1.165, 1.54) is 7.11 Å². The van der Waals surface area contributed by atoms with Gasteiger partial charge < -0.3 is 9.47 Å². The SMILES string of the molecule is CCC(=CCOc1ccccc1C(C)(C)C)C(=O)OC. The second kappa shape index (κ2) is 7.13. The molecule has 0 saturated carbocycles. The van der Waals surface area contributed by atoms with Crippen LogP contribution in [0.15, 0.2) is 35.9 Å². The third-order valence-corrected chi connectivity index (χ3v) is 3.09. The molecule has 3 nitrogen and oxygen atoms in total. The van der Waals surface area contributed by atoms with Gasteiger partial charge in [0.15, 0.2) is 0 Å². The molecule has 0 aliphatic heterocycles. The third-order valence-electron chi connectivity index (χ3n) is 3.09. The summed E-state index contributed by atoms with van der Waals surface area (Å²) < 4.78 is 10.5. The molecule has 0 unspecified atom stereocenters. The van der Waals surface area contributed by atoms with Gasteiger partial charge in [0.1, 0.15) is 12.4 Å². The van der Waals surface area contributed by atoms with E-state index >= 15 is 0 Å². The first-order valence-electron chi connectivity index (χ1n) is 6.89. The number of carbonyl (C=O) groups is 1. The van der Waals surface area contributed by atoms with Gasteiger partial charge in [0.05, 0.1) is 7.11 Å². The van der Waals surface area contributed by atoms with Crippen LogP contribution in [-0.4, -0.2) is 19.7 Å². The summed E-state index contributed by atoms with van der Waals surface area (Å²) in [6.07, 6.45) is 2.42. The fourth-order valence-electron chi connectivity index (χ4n) is 1.95. The number of carbonyl (C=O) groups excluding carboxylic acids is 1. The van der Waals surface area contributed by atoms with E-state index in [2.05, 4.69) is 26.8 Å². The van der Waals surface area contributed by atoms with Gasteiger partial charge in [-0.1, -0.05) is 45.9 Å². The molecule has 0 aliphatic carbocycles. The van der Waals surface area contributed by atoms with Gasteiger partial charge in [-0.05, 0) is 29.5 Å². The minimum Gasteiger partial charge on any atom is -0.489 e. The molecule has 0 aromatic heterocycles. The van der Waals surface area contributed by atoms with Crippen LogP contribution in [0.1, 0.15) is 39.7 Å². The zero-order valence-corrected chi connectivity index (χ0v) is 13.0. The summed E-state index contributed by atoms with van der Waals surface area (Å²) in [4.78, 5) is 11.5. The second-order valence-electron chi connectivity index (χ2n) is 5.63. The standard InChI is InChI=1S/C17H24O3/c1-6-13(16(18)19-5)11-12-20-15-10-8-7-9-14(15)17(2,3)4/h7-11H,6,12H2,1-5H3. The lowest BCUT2D eigenvalue weighted by Gasteiger charge is -2.22. The molecular formula is C17H24O3. The summed E-state index contributed by atoms with van der Waals surface area (Å²) in [5.74, 6) is 0.566. The molecule has 0 saturated heterocycles. The van der Waals surface area contributed by atoms with Crippen molar-refractivity contribution < 1.29 is 14.3 Å². The van der Waals surface area contributed by atoms with Crippen molar-refractivity contribution in [2.75, 3.05) is 13.7 Å². The van der Waals surface area contributed by atoms with E-state index in [1.54, 1.807) is 6.08 Å². The number of benzene rings is 1. The van der Waals surface area contributed by atoms with Crippen molar-refractivity contribution in [3.05, 3.63) is 41.5 Å². The maximum absolute atomic E-state index is 11.5. The molecule has 0 N–H and O–H groups in total. The normalized spacial score (nSPS) is 12.2. The van der Waals surface area contributed by atoms with Crippen molar-refractivity contribution in [3.63, 3.8) is 0 Å². The number of ether oxygens (including phenoxy) is 2. The lowest BCUT2D eigenvalue weighted by atomic mass is 9.86. The number of rotatable bonds is 5. The molecule has 20 heavy (non-hydrogen) atoms. The summed E-state index contributed by atoms with van der Waals surface area (Å²) in [6, 6.07) is 7.99. The number of hydrogen-bond donors (Lipinski definition) is 0. The molecule has 110 valence electrons. The summed E-state index contributed by atoms with van der Waals surface area (Å²) >= 11 is 0.